The van der Waals surface area contributed by atoms with E-state index in [0.717, 1.165) is 10.7 Å². The standard InChI is InChI=1S/C24H24FN5O4/c1-14(21(31)26-2)27-22(32)19-13-20(15-8-10-16(11-9-15)23(33)29(3)4)28-30(24(19)34)18-7-5-6-17(25)12-18/h5-14H,1-4H3,(H,26,31)(H,27,32)/t14-/m0/s1. The minimum absolute atomic E-state index is 0.125. The Hall–Kier alpha value is -4.34. The van der Waals surface area contributed by atoms with Gasteiger partial charge in [-0.2, -0.15) is 9.78 Å². The second kappa shape index (κ2) is 10.1. The molecule has 10 heteroatoms. The minimum Gasteiger partial charge on any atom is -0.357 e. The van der Waals surface area contributed by atoms with Crippen molar-refractivity contribution in [2.75, 3.05) is 21.1 Å². The third-order valence-corrected chi connectivity index (χ3v) is 5.03. The molecule has 1 heterocycles. The number of amides is 3. The van der Waals surface area contributed by atoms with Crippen LogP contribution in [0.3, 0.4) is 0 Å². The summed E-state index contributed by atoms with van der Waals surface area (Å²) in [6.07, 6.45) is 0. The molecule has 0 unspecified atom stereocenters. The highest BCUT2D eigenvalue weighted by atomic mass is 19.1. The Morgan fingerprint density at radius 1 is 1.06 bits per heavy atom. The zero-order chi connectivity index (χ0) is 25.0. The Morgan fingerprint density at radius 2 is 1.74 bits per heavy atom. The maximum absolute atomic E-state index is 13.8. The molecule has 0 radical (unpaired) electrons. The Morgan fingerprint density at radius 3 is 2.32 bits per heavy atom. The molecular formula is C24H24FN5O4. The van der Waals surface area contributed by atoms with Crippen molar-refractivity contribution in [2.45, 2.75) is 13.0 Å². The lowest BCUT2D eigenvalue weighted by Crippen LogP contribution is -2.45. The molecule has 176 valence electrons. The van der Waals surface area contributed by atoms with E-state index in [9.17, 15) is 23.6 Å². The van der Waals surface area contributed by atoms with Crippen molar-refractivity contribution < 1.29 is 18.8 Å². The monoisotopic (exact) mass is 465 g/mol. The second-order valence-electron chi connectivity index (χ2n) is 7.73. The third-order valence-electron chi connectivity index (χ3n) is 5.03. The third kappa shape index (κ3) is 5.17. The van der Waals surface area contributed by atoms with Crippen LogP contribution in [0.15, 0.2) is 59.4 Å². The number of likely N-dealkylation sites (N-methyl/N-ethyl adjacent to an activating group) is 1. The lowest BCUT2D eigenvalue weighted by atomic mass is 10.1. The lowest BCUT2D eigenvalue weighted by molar-refractivity contribution is -0.122. The van der Waals surface area contributed by atoms with Crippen LogP contribution in [0.25, 0.3) is 16.9 Å². The topological polar surface area (TPSA) is 113 Å². The van der Waals surface area contributed by atoms with Gasteiger partial charge in [-0.25, -0.2) is 4.39 Å². The van der Waals surface area contributed by atoms with Gasteiger partial charge in [0, 0.05) is 32.3 Å². The normalized spacial score (nSPS) is 11.4. The molecule has 0 aliphatic carbocycles. The highest BCUT2D eigenvalue weighted by molar-refractivity contribution is 5.98. The second-order valence-corrected chi connectivity index (χ2v) is 7.73. The number of hydrogen-bond acceptors (Lipinski definition) is 5. The molecule has 2 aromatic carbocycles. The molecule has 9 nitrogen and oxygen atoms in total. The number of hydrogen-bond donors (Lipinski definition) is 2. The zero-order valence-electron chi connectivity index (χ0n) is 19.1. The first kappa shape index (κ1) is 24.3. The number of aromatic nitrogens is 2. The van der Waals surface area contributed by atoms with Crippen LogP contribution in [0.5, 0.6) is 0 Å². The van der Waals surface area contributed by atoms with Crippen molar-refractivity contribution >= 4 is 17.7 Å². The summed E-state index contributed by atoms with van der Waals surface area (Å²) in [6.45, 7) is 1.48. The molecule has 3 aromatic rings. The fourth-order valence-corrected chi connectivity index (χ4v) is 3.18. The van der Waals surface area contributed by atoms with Gasteiger partial charge in [-0.15, -0.1) is 0 Å². The van der Waals surface area contributed by atoms with Crippen LogP contribution in [0, 0.1) is 5.82 Å². The molecule has 0 spiro atoms. The summed E-state index contributed by atoms with van der Waals surface area (Å²) in [5.41, 5.74) is 0.275. The van der Waals surface area contributed by atoms with Crippen molar-refractivity contribution in [3.05, 3.63) is 81.9 Å². The predicted molar refractivity (Wildman–Crippen MR) is 124 cm³/mol. The van der Waals surface area contributed by atoms with E-state index in [1.807, 2.05) is 0 Å². The fourth-order valence-electron chi connectivity index (χ4n) is 3.18. The number of halogens is 1. The summed E-state index contributed by atoms with van der Waals surface area (Å²) in [6, 6.07) is 12.1. The molecule has 34 heavy (non-hydrogen) atoms. The van der Waals surface area contributed by atoms with Gasteiger partial charge in [0.25, 0.3) is 17.4 Å². The van der Waals surface area contributed by atoms with E-state index >= 15 is 0 Å². The van der Waals surface area contributed by atoms with Crippen LogP contribution >= 0.6 is 0 Å². The Balaban J connectivity index is 2.13. The summed E-state index contributed by atoms with van der Waals surface area (Å²) in [7, 11) is 4.70. The lowest BCUT2D eigenvalue weighted by Gasteiger charge is -2.14. The molecular weight excluding hydrogens is 441 g/mol. The van der Waals surface area contributed by atoms with Crippen molar-refractivity contribution in [1.82, 2.24) is 25.3 Å². The molecule has 0 aliphatic heterocycles. The van der Waals surface area contributed by atoms with Crippen LogP contribution in [0.2, 0.25) is 0 Å². The Kier molecular flexibility index (Phi) is 7.20. The van der Waals surface area contributed by atoms with Gasteiger partial charge in [-0.05, 0) is 43.3 Å². The molecule has 1 atom stereocenters. The molecule has 3 rings (SSSR count). The van der Waals surface area contributed by atoms with Gasteiger partial charge in [-0.3, -0.25) is 19.2 Å². The van der Waals surface area contributed by atoms with Crippen molar-refractivity contribution in [2.24, 2.45) is 0 Å². The van der Waals surface area contributed by atoms with E-state index in [0.29, 0.717) is 11.1 Å². The van der Waals surface area contributed by atoms with E-state index in [1.165, 1.54) is 43.1 Å². The summed E-state index contributed by atoms with van der Waals surface area (Å²) in [4.78, 5) is 51.4. The van der Waals surface area contributed by atoms with E-state index in [1.54, 1.807) is 38.4 Å². The average molecular weight is 465 g/mol. The summed E-state index contributed by atoms with van der Waals surface area (Å²) >= 11 is 0. The Bertz CT molecular complexity index is 1300. The van der Waals surface area contributed by atoms with Crippen LogP contribution in [-0.2, 0) is 4.79 Å². The molecule has 2 N–H and O–H groups in total. The molecule has 0 fully saturated rings. The highest BCUT2D eigenvalue weighted by Crippen LogP contribution is 2.19. The minimum atomic E-state index is -0.896. The van der Waals surface area contributed by atoms with Crippen LogP contribution in [0.4, 0.5) is 4.39 Å². The van der Waals surface area contributed by atoms with Crippen LogP contribution in [0.1, 0.15) is 27.6 Å². The quantitative estimate of drug-likeness (QED) is 0.574. The van der Waals surface area contributed by atoms with Gasteiger partial charge in [-0.1, -0.05) is 18.2 Å². The van der Waals surface area contributed by atoms with Gasteiger partial charge >= 0.3 is 0 Å². The molecule has 3 amide bonds. The molecule has 0 saturated carbocycles. The molecule has 0 saturated heterocycles. The molecule has 0 aliphatic rings. The van der Waals surface area contributed by atoms with Gasteiger partial charge in [0.15, 0.2) is 0 Å². The largest absolute Gasteiger partial charge is 0.357 e. The van der Waals surface area contributed by atoms with E-state index in [2.05, 4.69) is 15.7 Å². The SMILES string of the molecule is CNC(=O)[C@H](C)NC(=O)c1cc(-c2ccc(C(=O)N(C)C)cc2)nn(-c2cccc(F)c2)c1=O. The van der Waals surface area contributed by atoms with Crippen LogP contribution in [-0.4, -0.2) is 59.6 Å². The number of carbonyl (C=O) groups excluding carboxylic acids is 3. The van der Waals surface area contributed by atoms with Gasteiger partial charge < -0.3 is 15.5 Å². The predicted octanol–water partition coefficient (Wildman–Crippen LogP) is 1.60. The average Bonchev–Trinajstić information content (AvgIpc) is 2.83. The van der Waals surface area contributed by atoms with Crippen molar-refractivity contribution in [3.8, 4) is 16.9 Å². The van der Waals surface area contributed by atoms with E-state index in [4.69, 9.17) is 0 Å². The number of benzene rings is 2. The first-order valence-corrected chi connectivity index (χ1v) is 10.4. The van der Waals surface area contributed by atoms with Crippen molar-refractivity contribution in [1.29, 1.82) is 0 Å². The van der Waals surface area contributed by atoms with E-state index in [-0.39, 0.29) is 22.9 Å². The number of nitrogens with one attached hydrogen (secondary N) is 2. The zero-order valence-corrected chi connectivity index (χ0v) is 19.1. The summed E-state index contributed by atoms with van der Waals surface area (Å²) in [5.74, 6) is -1.99. The summed E-state index contributed by atoms with van der Waals surface area (Å²) < 4.78 is 14.8. The number of nitrogens with zero attached hydrogens (tertiary/aromatic N) is 3. The highest BCUT2D eigenvalue weighted by Gasteiger charge is 2.21. The van der Waals surface area contributed by atoms with Gasteiger partial charge in [0.2, 0.25) is 5.91 Å². The maximum Gasteiger partial charge on any atom is 0.284 e. The van der Waals surface area contributed by atoms with Crippen LogP contribution < -0.4 is 16.2 Å². The van der Waals surface area contributed by atoms with Gasteiger partial charge in [0.05, 0.1) is 11.4 Å². The Labute approximate surface area is 195 Å². The first-order chi connectivity index (χ1) is 16.1. The van der Waals surface area contributed by atoms with Gasteiger partial charge in [0.1, 0.15) is 17.4 Å². The molecule has 0 bridgehead atoms. The molecule has 1 aromatic heterocycles. The number of rotatable bonds is 6. The summed E-state index contributed by atoms with van der Waals surface area (Å²) in [5, 5.41) is 9.21. The smallest absolute Gasteiger partial charge is 0.284 e. The first-order valence-electron chi connectivity index (χ1n) is 10.4. The maximum atomic E-state index is 13.8. The fraction of sp³-hybridized carbons (Fsp3) is 0.208. The number of carbonyl (C=O) groups is 3. The van der Waals surface area contributed by atoms with E-state index < -0.39 is 29.2 Å². The van der Waals surface area contributed by atoms with Crippen molar-refractivity contribution in [3.63, 3.8) is 0 Å².